The van der Waals surface area contributed by atoms with Crippen LogP contribution in [0.4, 0.5) is 5.69 Å². The van der Waals surface area contributed by atoms with E-state index in [0.29, 0.717) is 17.8 Å². The summed E-state index contributed by atoms with van der Waals surface area (Å²) in [5.74, 6) is 1.56. The number of anilines is 1. The minimum atomic E-state index is -3.23. The van der Waals surface area contributed by atoms with E-state index >= 15 is 0 Å². The molecule has 0 saturated heterocycles. The fourth-order valence-corrected chi connectivity index (χ4v) is 6.24. The Morgan fingerprint density at radius 3 is 2.37 bits per heavy atom. The molecule has 0 amide bonds. The fraction of sp³-hybridized carbons (Fsp3) is 0.455. The van der Waals surface area contributed by atoms with Crippen LogP contribution in [0.3, 0.4) is 0 Å². The third kappa shape index (κ3) is 5.36. The first-order chi connectivity index (χ1) is 12.9. The second-order valence-corrected chi connectivity index (χ2v) is 11.3. The SMILES string of the molecule is CC(C)[C@H]1CC[C@@H](C)C[C@@H]1O[P@@](=O)(Nc1ccc(I)cc1)c1ccccc1. The second-order valence-electron chi connectivity index (χ2n) is 7.98. The lowest BCUT2D eigenvalue weighted by molar-refractivity contribution is 0.0506. The van der Waals surface area contributed by atoms with Crippen molar-refractivity contribution in [3.63, 3.8) is 0 Å². The molecule has 0 unspecified atom stereocenters. The van der Waals surface area contributed by atoms with E-state index < -0.39 is 7.52 Å². The van der Waals surface area contributed by atoms with Gasteiger partial charge in [-0.15, -0.1) is 0 Å². The smallest absolute Gasteiger partial charge is 0.312 e. The lowest BCUT2D eigenvalue weighted by atomic mass is 9.75. The third-order valence-corrected chi connectivity index (χ3v) is 8.28. The highest BCUT2D eigenvalue weighted by atomic mass is 127. The minimum Gasteiger partial charge on any atom is -0.312 e. The zero-order chi connectivity index (χ0) is 19.4. The van der Waals surface area contributed by atoms with Gasteiger partial charge in [0.25, 0.3) is 0 Å². The maximum Gasteiger partial charge on any atom is 0.324 e. The van der Waals surface area contributed by atoms with E-state index in [2.05, 4.69) is 48.4 Å². The van der Waals surface area contributed by atoms with Gasteiger partial charge in [0.1, 0.15) is 0 Å². The minimum absolute atomic E-state index is 0.0103. The summed E-state index contributed by atoms with van der Waals surface area (Å²) in [4.78, 5) is 0. The summed E-state index contributed by atoms with van der Waals surface area (Å²) in [6.07, 6.45) is 3.34. The van der Waals surface area contributed by atoms with E-state index in [-0.39, 0.29) is 6.10 Å². The highest BCUT2D eigenvalue weighted by Gasteiger charge is 2.38. The summed E-state index contributed by atoms with van der Waals surface area (Å²) in [5.41, 5.74) is 0.826. The number of nitrogens with one attached hydrogen (secondary N) is 1. The summed E-state index contributed by atoms with van der Waals surface area (Å²) in [6.45, 7) is 6.76. The third-order valence-electron chi connectivity index (χ3n) is 5.46. The largest absolute Gasteiger partial charge is 0.324 e. The molecule has 1 aliphatic rings. The van der Waals surface area contributed by atoms with Gasteiger partial charge in [-0.05, 0) is 89.6 Å². The molecule has 0 heterocycles. The highest BCUT2D eigenvalue weighted by molar-refractivity contribution is 14.1. The molecule has 0 bridgehead atoms. The van der Waals surface area contributed by atoms with Crippen LogP contribution in [0.15, 0.2) is 54.6 Å². The van der Waals surface area contributed by atoms with Gasteiger partial charge in [0, 0.05) is 9.26 Å². The molecule has 0 spiro atoms. The molecule has 1 N–H and O–H groups in total. The van der Waals surface area contributed by atoms with Gasteiger partial charge in [-0.2, -0.15) is 0 Å². The van der Waals surface area contributed by atoms with Crippen molar-refractivity contribution >= 4 is 41.1 Å². The van der Waals surface area contributed by atoms with Crippen molar-refractivity contribution in [2.24, 2.45) is 17.8 Å². The Balaban J connectivity index is 1.91. The standard InChI is InChI=1S/C22H29INO2P/c1-16(2)21-14-9-17(3)15-22(21)26-27(25,20-7-5-4-6-8-20)24-19-12-10-18(23)11-13-19/h4-8,10-13,16-17,21-22H,9,14-15H2,1-3H3,(H,24,25)/t17-,21-,22+,27-/m1/s1. The Labute approximate surface area is 176 Å². The monoisotopic (exact) mass is 497 g/mol. The van der Waals surface area contributed by atoms with Gasteiger partial charge >= 0.3 is 7.52 Å². The first-order valence-corrected chi connectivity index (χ1v) is 12.5. The number of rotatable bonds is 6. The average Bonchev–Trinajstić information content (AvgIpc) is 2.64. The molecular formula is C22H29INO2P. The van der Waals surface area contributed by atoms with Crippen LogP contribution >= 0.6 is 30.1 Å². The molecule has 3 nitrogen and oxygen atoms in total. The molecule has 1 fully saturated rings. The van der Waals surface area contributed by atoms with Crippen LogP contribution in [0.5, 0.6) is 0 Å². The quantitative estimate of drug-likeness (QED) is 0.357. The second kappa shape index (κ2) is 9.11. The lowest BCUT2D eigenvalue weighted by Crippen LogP contribution is -2.35. The summed E-state index contributed by atoms with van der Waals surface area (Å²) in [5, 5.41) is 3.98. The molecule has 0 aromatic heterocycles. The topological polar surface area (TPSA) is 38.3 Å². The van der Waals surface area contributed by atoms with Crippen LogP contribution < -0.4 is 10.4 Å². The van der Waals surface area contributed by atoms with E-state index in [4.69, 9.17) is 4.52 Å². The number of hydrogen-bond donors (Lipinski definition) is 1. The van der Waals surface area contributed by atoms with Gasteiger partial charge in [-0.1, -0.05) is 45.4 Å². The Bertz CT molecular complexity index is 779. The average molecular weight is 497 g/mol. The first-order valence-electron chi connectivity index (χ1n) is 9.75. The van der Waals surface area contributed by atoms with Gasteiger partial charge in [0.15, 0.2) is 0 Å². The molecule has 0 radical (unpaired) electrons. The van der Waals surface area contributed by atoms with Crippen LogP contribution in [0.2, 0.25) is 0 Å². The van der Waals surface area contributed by atoms with Crippen molar-refractivity contribution in [3.8, 4) is 0 Å². The van der Waals surface area contributed by atoms with Gasteiger partial charge in [0.05, 0.1) is 11.4 Å². The molecule has 3 rings (SSSR count). The van der Waals surface area contributed by atoms with Crippen LogP contribution in [-0.2, 0) is 9.09 Å². The van der Waals surface area contributed by atoms with Crippen molar-refractivity contribution < 1.29 is 9.09 Å². The molecule has 0 aliphatic heterocycles. The first kappa shape index (κ1) is 20.9. The summed E-state index contributed by atoms with van der Waals surface area (Å²) >= 11 is 2.27. The Morgan fingerprint density at radius 1 is 1.07 bits per heavy atom. The molecule has 27 heavy (non-hydrogen) atoms. The maximum absolute atomic E-state index is 14.1. The van der Waals surface area contributed by atoms with Crippen molar-refractivity contribution in [1.82, 2.24) is 0 Å². The zero-order valence-electron chi connectivity index (χ0n) is 16.3. The Kier molecular flexibility index (Phi) is 7.04. The predicted molar refractivity (Wildman–Crippen MR) is 123 cm³/mol. The normalized spacial score (nSPS) is 25.1. The summed E-state index contributed by atoms with van der Waals surface area (Å²) in [6, 6.07) is 17.5. The summed E-state index contributed by atoms with van der Waals surface area (Å²) < 4.78 is 21.7. The molecule has 5 heteroatoms. The van der Waals surface area contributed by atoms with Gasteiger partial charge in [-0.25, -0.2) is 0 Å². The highest BCUT2D eigenvalue weighted by Crippen LogP contribution is 2.51. The predicted octanol–water partition coefficient (Wildman–Crippen LogP) is 6.70. The van der Waals surface area contributed by atoms with Crippen molar-refractivity contribution in [1.29, 1.82) is 0 Å². The van der Waals surface area contributed by atoms with Crippen LogP contribution in [0.25, 0.3) is 0 Å². The van der Waals surface area contributed by atoms with Gasteiger partial charge in [0.2, 0.25) is 0 Å². The molecule has 2 aromatic carbocycles. The van der Waals surface area contributed by atoms with Crippen LogP contribution in [0, 0.1) is 21.3 Å². The van der Waals surface area contributed by atoms with Crippen LogP contribution in [-0.4, -0.2) is 6.10 Å². The lowest BCUT2D eigenvalue weighted by Gasteiger charge is -2.39. The summed E-state index contributed by atoms with van der Waals surface area (Å²) in [7, 11) is -3.23. The maximum atomic E-state index is 14.1. The van der Waals surface area contributed by atoms with Crippen molar-refractivity contribution in [2.75, 3.05) is 5.09 Å². The van der Waals surface area contributed by atoms with E-state index in [9.17, 15) is 4.57 Å². The molecular weight excluding hydrogens is 468 g/mol. The number of halogens is 1. The Morgan fingerprint density at radius 2 is 1.74 bits per heavy atom. The van der Waals surface area contributed by atoms with Crippen molar-refractivity contribution in [3.05, 3.63) is 58.2 Å². The van der Waals surface area contributed by atoms with Gasteiger partial charge in [-0.3, -0.25) is 4.57 Å². The van der Waals surface area contributed by atoms with E-state index in [0.717, 1.165) is 27.4 Å². The number of hydrogen-bond acceptors (Lipinski definition) is 2. The van der Waals surface area contributed by atoms with E-state index in [1.807, 2.05) is 54.6 Å². The number of benzene rings is 2. The van der Waals surface area contributed by atoms with Crippen LogP contribution in [0.1, 0.15) is 40.0 Å². The van der Waals surface area contributed by atoms with Crippen molar-refractivity contribution in [2.45, 2.75) is 46.1 Å². The molecule has 4 atom stereocenters. The molecule has 1 aliphatic carbocycles. The van der Waals surface area contributed by atoms with E-state index in [1.54, 1.807) is 0 Å². The van der Waals surface area contributed by atoms with Gasteiger partial charge < -0.3 is 9.61 Å². The molecule has 2 aromatic rings. The fourth-order valence-electron chi connectivity index (χ4n) is 3.90. The Hall–Kier alpha value is -0.840. The zero-order valence-corrected chi connectivity index (χ0v) is 19.3. The van der Waals surface area contributed by atoms with E-state index in [1.165, 1.54) is 6.42 Å². The molecule has 1 saturated carbocycles. The molecule has 146 valence electrons.